The van der Waals surface area contributed by atoms with Crippen LogP contribution in [0.2, 0.25) is 5.02 Å². The van der Waals surface area contributed by atoms with Gasteiger partial charge >= 0.3 is 0 Å². The van der Waals surface area contributed by atoms with Gasteiger partial charge in [-0.25, -0.2) is 47.8 Å². The molecule has 1 aliphatic carbocycles. The van der Waals surface area contributed by atoms with Crippen molar-refractivity contribution in [1.82, 2.24) is 14.8 Å². The zero-order chi connectivity index (χ0) is 37.8. The number of sulfone groups is 1. The number of rotatable bonds is 11. The SMILES string of the molecule is CC(C)(C#Cc1ccc(-c2ccc(Cl)c3c(N(S(C)(=O)=O)S(C)(=O)=O)nn(CC(F)F)c23)c([C@@H](N)Cc2cc(F)cc(F)c2)n1)S(=O)(=O)C1CC1. The minimum absolute atomic E-state index is 0.0144. The van der Waals surface area contributed by atoms with E-state index in [1.54, 1.807) is 0 Å². The number of hydrogen-bond acceptors (Lipinski definition) is 9. The zero-order valence-electron chi connectivity index (χ0n) is 27.5. The highest BCUT2D eigenvalue weighted by Gasteiger charge is 2.45. The molecule has 2 aromatic carbocycles. The summed E-state index contributed by atoms with van der Waals surface area (Å²) in [5.41, 5.74) is 6.84. The monoisotopic (exact) mass is 789 g/mol. The maximum atomic E-state index is 14.1. The number of benzene rings is 2. The lowest BCUT2D eigenvalue weighted by Gasteiger charge is -2.19. The Bertz CT molecular complexity index is 2390. The number of aromatic nitrogens is 3. The third-order valence-corrected chi connectivity index (χ3v) is 14.4. The normalized spacial score (nSPS) is 14.8. The van der Waals surface area contributed by atoms with E-state index >= 15 is 0 Å². The fourth-order valence-corrected chi connectivity index (χ4v) is 10.5. The number of sulfonamides is 2. The van der Waals surface area contributed by atoms with E-state index in [1.807, 2.05) is 0 Å². The molecule has 0 radical (unpaired) electrons. The van der Waals surface area contributed by atoms with Gasteiger partial charge in [-0.15, -0.1) is 3.71 Å². The molecule has 0 amide bonds. The smallest absolute Gasteiger partial charge is 0.257 e. The summed E-state index contributed by atoms with van der Waals surface area (Å²) in [7, 11) is -12.8. The summed E-state index contributed by atoms with van der Waals surface area (Å²) in [4.78, 5) is 4.58. The number of pyridine rings is 1. The molecule has 51 heavy (non-hydrogen) atoms. The number of anilines is 1. The Morgan fingerprint density at radius 3 is 2.12 bits per heavy atom. The molecule has 0 unspecified atom stereocenters. The largest absolute Gasteiger partial charge is 0.322 e. The summed E-state index contributed by atoms with van der Waals surface area (Å²) in [6, 6.07) is 7.17. The molecule has 0 aliphatic heterocycles. The van der Waals surface area contributed by atoms with Crippen LogP contribution in [0.15, 0.2) is 42.5 Å². The van der Waals surface area contributed by atoms with E-state index in [0.717, 1.165) is 16.8 Å². The fourth-order valence-electron chi connectivity index (χ4n) is 5.64. The van der Waals surface area contributed by atoms with Crippen molar-refractivity contribution in [3.63, 3.8) is 0 Å². The summed E-state index contributed by atoms with van der Waals surface area (Å²) in [5, 5.41) is 2.97. The van der Waals surface area contributed by atoms with Crippen molar-refractivity contribution in [3.8, 4) is 23.0 Å². The maximum absolute atomic E-state index is 14.1. The van der Waals surface area contributed by atoms with Crippen LogP contribution in [0.25, 0.3) is 22.0 Å². The van der Waals surface area contributed by atoms with E-state index in [9.17, 15) is 42.8 Å². The molecule has 2 heterocycles. The molecule has 274 valence electrons. The average molecular weight is 790 g/mol. The molecule has 19 heteroatoms. The van der Waals surface area contributed by atoms with E-state index in [1.165, 1.54) is 38.1 Å². The lowest BCUT2D eigenvalue weighted by atomic mass is 9.94. The second-order valence-corrected chi connectivity index (χ2v) is 19.7. The molecule has 2 N–H and O–H groups in total. The van der Waals surface area contributed by atoms with Gasteiger partial charge in [-0.3, -0.25) is 4.68 Å². The Kier molecular flexibility index (Phi) is 10.3. The highest BCUT2D eigenvalue weighted by atomic mass is 35.5. The Morgan fingerprint density at radius 2 is 1.57 bits per heavy atom. The molecule has 4 aromatic rings. The summed E-state index contributed by atoms with van der Waals surface area (Å²) < 4.78 is 132. The van der Waals surface area contributed by atoms with Crippen molar-refractivity contribution in [3.05, 3.63) is 76.1 Å². The standard InChI is InChI=1S/C32H32ClF4N5O6S3/c1-32(2,51(47,48)22-6-7-22)12-11-21-5-8-23(29(39-21)26(38)15-18-13-19(34)16-20(35)14-18)24-9-10-25(33)28-30(24)41(17-27(36)37)40-31(28)42(49(3,43)44)50(4,45)46/h5,8-10,13-14,16,22,26-27H,6-7,15,17,38H2,1-4H3/t26-/m0/s1. The van der Waals surface area contributed by atoms with Crippen LogP contribution in [0.3, 0.4) is 0 Å². The van der Waals surface area contributed by atoms with Crippen molar-refractivity contribution < 1.29 is 42.8 Å². The fraction of sp³-hybridized carbons (Fsp3) is 0.375. The molecule has 0 saturated heterocycles. The first-order valence-electron chi connectivity index (χ1n) is 15.2. The molecule has 1 atom stereocenters. The quantitative estimate of drug-likeness (QED) is 0.163. The maximum Gasteiger partial charge on any atom is 0.257 e. The second-order valence-electron chi connectivity index (χ2n) is 12.7. The number of fused-ring (bicyclic) bond motifs is 1. The Labute approximate surface area is 297 Å². The van der Waals surface area contributed by atoms with Crippen LogP contribution in [0.1, 0.15) is 49.7 Å². The van der Waals surface area contributed by atoms with Crippen LogP contribution < -0.4 is 9.44 Å². The van der Waals surface area contributed by atoms with Gasteiger partial charge in [0, 0.05) is 17.2 Å². The number of nitrogens with zero attached hydrogens (tertiary/aromatic N) is 4. The first-order chi connectivity index (χ1) is 23.5. The molecule has 1 saturated carbocycles. The van der Waals surface area contributed by atoms with Crippen molar-refractivity contribution in [2.45, 2.75) is 62.1 Å². The third kappa shape index (κ3) is 8.02. The lowest BCUT2D eigenvalue weighted by Crippen LogP contribution is -2.35. The highest BCUT2D eigenvalue weighted by Crippen LogP contribution is 2.42. The summed E-state index contributed by atoms with van der Waals surface area (Å²) in [5.74, 6) is 3.05. The molecular formula is C32H32ClF4N5O6S3. The van der Waals surface area contributed by atoms with Crippen LogP contribution in [-0.4, -0.2) is 69.0 Å². The molecule has 5 rings (SSSR count). The van der Waals surface area contributed by atoms with Crippen molar-refractivity contribution >= 4 is 58.2 Å². The van der Waals surface area contributed by atoms with Gasteiger partial charge in [-0.05, 0) is 74.9 Å². The van der Waals surface area contributed by atoms with Gasteiger partial charge in [0.1, 0.15) is 28.6 Å². The van der Waals surface area contributed by atoms with Gasteiger partial charge in [0.2, 0.25) is 20.0 Å². The molecule has 2 aromatic heterocycles. The Balaban J connectivity index is 1.78. The zero-order valence-corrected chi connectivity index (χ0v) is 30.7. The predicted molar refractivity (Wildman–Crippen MR) is 186 cm³/mol. The molecule has 1 fully saturated rings. The molecular weight excluding hydrogens is 758 g/mol. The Morgan fingerprint density at radius 1 is 0.980 bits per heavy atom. The Hall–Kier alpha value is -3.76. The number of hydrogen-bond donors (Lipinski definition) is 1. The lowest BCUT2D eigenvalue weighted by molar-refractivity contribution is 0.123. The summed E-state index contributed by atoms with van der Waals surface area (Å²) in [6.07, 6.45) is -0.986. The highest BCUT2D eigenvalue weighted by molar-refractivity contribution is 8.09. The number of alkyl halides is 2. The predicted octanol–water partition coefficient (Wildman–Crippen LogP) is 4.97. The van der Waals surface area contributed by atoms with Crippen LogP contribution >= 0.6 is 11.6 Å². The molecule has 0 spiro atoms. The van der Waals surface area contributed by atoms with Gasteiger partial charge < -0.3 is 5.73 Å². The van der Waals surface area contributed by atoms with Gasteiger partial charge in [0.05, 0.1) is 45.4 Å². The van der Waals surface area contributed by atoms with Crippen molar-refractivity contribution in [1.29, 1.82) is 0 Å². The summed E-state index contributed by atoms with van der Waals surface area (Å²) >= 11 is 6.49. The topological polar surface area (TPSA) is 162 Å². The molecule has 1 aliphatic rings. The summed E-state index contributed by atoms with van der Waals surface area (Å²) in [6.45, 7) is 1.82. The van der Waals surface area contributed by atoms with Gasteiger partial charge in [-0.2, -0.15) is 5.10 Å². The average Bonchev–Trinajstić information content (AvgIpc) is 3.78. The molecule has 0 bridgehead atoms. The van der Waals surface area contributed by atoms with Gasteiger partial charge in [-0.1, -0.05) is 23.6 Å². The first-order valence-corrected chi connectivity index (χ1v) is 20.8. The third-order valence-electron chi connectivity index (χ3n) is 8.02. The van der Waals surface area contributed by atoms with Crippen LogP contribution in [0, 0.1) is 23.5 Å². The number of nitrogens with two attached hydrogens (primary N) is 1. The van der Waals surface area contributed by atoms with E-state index in [-0.39, 0.29) is 54.1 Å². The molecule has 11 nitrogen and oxygen atoms in total. The van der Waals surface area contributed by atoms with Crippen LogP contribution in [0.5, 0.6) is 0 Å². The van der Waals surface area contributed by atoms with E-state index in [2.05, 4.69) is 21.9 Å². The van der Waals surface area contributed by atoms with Crippen molar-refractivity contribution in [2.75, 3.05) is 16.2 Å². The minimum atomic E-state index is -4.60. The van der Waals surface area contributed by atoms with Crippen LogP contribution in [0.4, 0.5) is 23.4 Å². The van der Waals surface area contributed by atoms with Gasteiger partial charge in [0.15, 0.2) is 15.7 Å². The van der Waals surface area contributed by atoms with E-state index in [4.69, 9.17) is 17.3 Å². The minimum Gasteiger partial charge on any atom is -0.322 e. The van der Waals surface area contributed by atoms with Crippen LogP contribution in [-0.2, 0) is 42.8 Å². The van der Waals surface area contributed by atoms with Crippen molar-refractivity contribution in [2.24, 2.45) is 5.73 Å². The van der Waals surface area contributed by atoms with E-state index < -0.39 is 76.3 Å². The first kappa shape index (κ1) is 38.5. The number of halogens is 5. The van der Waals surface area contributed by atoms with E-state index in [0.29, 0.717) is 31.4 Å². The van der Waals surface area contributed by atoms with Gasteiger partial charge in [0.25, 0.3) is 6.43 Å². The second kappa shape index (κ2) is 13.7.